The van der Waals surface area contributed by atoms with Crippen LogP contribution in [0.25, 0.3) is 10.9 Å². The number of hydrogen-bond donors (Lipinski definition) is 0. The van der Waals surface area contributed by atoms with E-state index in [4.69, 9.17) is 9.31 Å². The summed E-state index contributed by atoms with van der Waals surface area (Å²) in [6.45, 7) is 10.7. The number of aryl methyl sites for hydroxylation is 1. The number of fused-ring (bicyclic) bond motifs is 1. The Hall–Kier alpha value is -0.815. The van der Waals surface area contributed by atoms with Crippen LogP contribution in [0.2, 0.25) is 0 Å². The van der Waals surface area contributed by atoms with E-state index in [1.54, 1.807) is 30.4 Å². The van der Waals surface area contributed by atoms with Crippen LogP contribution in [0.5, 0.6) is 0 Å². The number of carbonyl (C=O) groups excluding carboxylic acids is 1. The molecule has 0 radical (unpaired) electrons. The number of pyridine rings is 1. The van der Waals surface area contributed by atoms with Gasteiger partial charge in [-0.15, -0.1) is 0 Å². The number of methoxy groups -OCH3 is 1. The minimum atomic E-state index is -0.598. The zero-order chi connectivity index (χ0) is 21.3. The van der Waals surface area contributed by atoms with Gasteiger partial charge in [0.05, 0.1) is 16.9 Å². The lowest BCUT2D eigenvalue weighted by Crippen LogP contribution is -2.41. The highest BCUT2D eigenvalue weighted by atomic mass is 127. The molecule has 1 aliphatic heterocycles. The third kappa shape index (κ3) is 4.21. The van der Waals surface area contributed by atoms with Gasteiger partial charge in [0.25, 0.3) is 5.56 Å². The van der Waals surface area contributed by atoms with Crippen LogP contribution in [-0.2, 0) is 21.1 Å². The highest BCUT2D eigenvalue weighted by Crippen LogP contribution is 2.37. The maximum absolute atomic E-state index is 12.6. The van der Waals surface area contributed by atoms with Crippen LogP contribution in [0.15, 0.2) is 17.1 Å². The van der Waals surface area contributed by atoms with Gasteiger partial charge in [-0.1, -0.05) is 0 Å². The van der Waals surface area contributed by atoms with Crippen molar-refractivity contribution in [3.05, 3.63) is 28.3 Å². The highest BCUT2D eigenvalue weighted by Gasteiger charge is 2.52. The first-order chi connectivity index (χ1) is 13.0. The Balaban J connectivity index is 0.000000640. The van der Waals surface area contributed by atoms with Crippen LogP contribution in [0.4, 0.5) is 0 Å². The maximum atomic E-state index is 12.6. The van der Waals surface area contributed by atoms with Gasteiger partial charge in [0.1, 0.15) is 5.52 Å². The van der Waals surface area contributed by atoms with Gasteiger partial charge in [0.2, 0.25) is 0 Å². The summed E-state index contributed by atoms with van der Waals surface area (Å²) in [7, 11) is 4.06. The molecule has 154 valence electrons. The smallest absolute Gasteiger partial charge is 0.399 e. The first-order valence-electron chi connectivity index (χ1n) is 8.88. The zero-order valence-corrected chi connectivity index (χ0v) is 20.2. The second kappa shape index (κ2) is 8.91. The van der Waals surface area contributed by atoms with E-state index >= 15 is 0 Å². The van der Waals surface area contributed by atoms with Gasteiger partial charge in [0, 0.05) is 68.1 Å². The van der Waals surface area contributed by atoms with Crippen molar-refractivity contribution in [1.82, 2.24) is 8.54 Å². The molecule has 0 atom stereocenters. The van der Waals surface area contributed by atoms with Gasteiger partial charge in [0.15, 0.2) is 6.29 Å². The van der Waals surface area contributed by atoms with Gasteiger partial charge in [-0.2, -0.15) is 0 Å². The van der Waals surface area contributed by atoms with Crippen molar-refractivity contribution in [3.63, 3.8) is 0 Å². The molecule has 0 N–H and O–H groups in total. The Morgan fingerprint density at radius 2 is 1.82 bits per heavy atom. The van der Waals surface area contributed by atoms with Crippen LogP contribution in [-0.4, -0.2) is 46.9 Å². The lowest BCUT2D eigenvalue weighted by atomic mass is 9.78. The monoisotopic (exact) mass is 520 g/mol. The summed E-state index contributed by atoms with van der Waals surface area (Å²) in [5.74, 6) is 0. The zero-order valence-electron chi connectivity index (χ0n) is 17.2. The van der Waals surface area contributed by atoms with E-state index in [1.807, 2.05) is 34.6 Å². The number of nitrogens with zero attached hydrogens (tertiary/aromatic N) is 2. The van der Waals surface area contributed by atoms with Crippen LogP contribution in [0.1, 0.15) is 45.1 Å². The Morgan fingerprint density at radius 3 is 2.25 bits per heavy atom. The van der Waals surface area contributed by atoms with Crippen molar-refractivity contribution in [2.75, 3.05) is 13.7 Å². The Bertz CT molecular complexity index is 907. The molecular weight excluding hydrogens is 494 g/mol. The number of rotatable bonds is 4. The molecule has 0 aromatic carbocycles. The summed E-state index contributed by atoms with van der Waals surface area (Å²) in [5.41, 5.74) is 0.525. The van der Waals surface area contributed by atoms with E-state index in [-0.39, 0.29) is 5.56 Å². The fraction of sp³-hybridized carbons (Fsp3) is 0.556. The summed E-state index contributed by atoms with van der Waals surface area (Å²) >= 11 is 2.06. The second-order valence-corrected chi connectivity index (χ2v) is 9.16. The molecule has 0 bridgehead atoms. The lowest BCUT2D eigenvalue weighted by molar-refractivity contribution is 0.00578. The molecule has 7 nitrogen and oxygen atoms in total. The van der Waals surface area contributed by atoms with Crippen LogP contribution in [0.3, 0.4) is 0 Å². The SMILES string of the molecule is CCOC.Cn1cc(B2OC(C)(C)C(C)(C)O2)c2cc(C=O)n(SI)c2c1=O. The molecule has 0 unspecified atom stereocenters. The van der Waals surface area contributed by atoms with E-state index < -0.39 is 18.3 Å². The van der Waals surface area contributed by atoms with E-state index in [9.17, 15) is 9.59 Å². The molecule has 0 saturated carbocycles. The summed E-state index contributed by atoms with van der Waals surface area (Å²) in [5, 5.41) is 0.683. The largest absolute Gasteiger partial charge is 0.497 e. The van der Waals surface area contributed by atoms with Gasteiger partial charge < -0.3 is 18.6 Å². The molecule has 3 rings (SSSR count). The molecular formula is C18H26BIN2O5S. The van der Waals surface area contributed by atoms with Crippen molar-refractivity contribution in [3.8, 4) is 0 Å². The first-order valence-corrected chi connectivity index (χ1v) is 12.2. The molecule has 1 aliphatic rings. The second-order valence-electron chi connectivity index (χ2n) is 7.48. The summed E-state index contributed by atoms with van der Waals surface area (Å²) < 4.78 is 19.9. The minimum Gasteiger partial charge on any atom is -0.399 e. The van der Waals surface area contributed by atoms with Gasteiger partial charge in [-0.05, 0) is 40.7 Å². The highest BCUT2D eigenvalue weighted by molar-refractivity contribution is 14.2. The third-order valence-electron chi connectivity index (χ3n) is 5.14. The van der Waals surface area contributed by atoms with Crippen molar-refractivity contribution in [2.45, 2.75) is 45.8 Å². The topological polar surface area (TPSA) is 71.7 Å². The number of ether oxygens (including phenoxy) is 1. The Kier molecular flexibility index (Phi) is 7.46. The average Bonchev–Trinajstić information content (AvgIpc) is 3.12. The molecule has 0 amide bonds. The van der Waals surface area contributed by atoms with Gasteiger partial charge >= 0.3 is 7.12 Å². The van der Waals surface area contributed by atoms with E-state index in [2.05, 4.69) is 25.9 Å². The molecule has 0 spiro atoms. The van der Waals surface area contributed by atoms with Crippen LogP contribution >= 0.6 is 30.3 Å². The van der Waals surface area contributed by atoms with Crippen molar-refractivity contribution in [2.24, 2.45) is 7.05 Å². The molecule has 1 saturated heterocycles. The number of aldehydes is 1. The van der Waals surface area contributed by atoms with Gasteiger partial charge in [-0.3, -0.25) is 13.6 Å². The standard InChI is InChI=1S/C15H18BIN2O4S.C3H8O/c1-14(2)15(3,4)23-16(22-14)11-7-18(5)13(21)12-10(11)6-9(8-20)19(12)24-17;1-3-4-2/h6-8H,1-5H3;3H2,1-2H3. The fourth-order valence-corrected chi connectivity index (χ4v) is 4.45. The minimum absolute atomic E-state index is 0.164. The molecule has 0 aliphatic carbocycles. The molecule has 2 aromatic rings. The van der Waals surface area contributed by atoms with Crippen molar-refractivity contribution < 1.29 is 18.8 Å². The summed E-state index contributed by atoms with van der Waals surface area (Å²) in [6.07, 6.45) is 2.47. The van der Waals surface area contributed by atoms with E-state index in [1.165, 1.54) is 13.7 Å². The molecule has 28 heavy (non-hydrogen) atoms. The molecule has 2 aromatic heterocycles. The number of hydrogen-bond acceptors (Lipinski definition) is 6. The third-order valence-corrected chi connectivity index (χ3v) is 6.85. The average molecular weight is 520 g/mol. The van der Waals surface area contributed by atoms with E-state index in [0.29, 0.717) is 16.6 Å². The lowest BCUT2D eigenvalue weighted by Gasteiger charge is -2.32. The predicted molar refractivity (Wildman–Crippen MR) is 123 cm³/mol. The predicted octanol–water partition coefficient (Wildman–Crippen LogP) is 2.95. The number of aromatic nitrogens is 2. The fourth-order valence-electron chi connectivity index (χ4n) is 2.75. The van der Waals surface area contributed by atoms with Crippen LogP contribution in [0, 0.1) is 0 Å². The van der Waals surface area contributed by atoms with E-state index in [0.717, 1.165) is 18.4 Å². The van der Waals surface area contributed by atoms with Gasteiger partial charge in [-0.25, -0.2) is 0 Å². The Morgan fingerprint density at radius 1 is 1.29 bits per heavy atom. The first kappa shape index (κ1) is 23.5. The summed E-state index contributed by atoms with van der Waals surface area (Å²) in [4.78, 5) is 24.0. The van der Waals surface area contributed by atoms with Crippen LogP contribution < -0.4 is 11.0 Å². The maximum Gasteiger partial charge on any atom is 0.497 e. The Labute approximate surface area is 181 Å². The number of halogens is 1. The molecule has 3 heterocycles. The summed E-state index contributed by atoms with van der Waals surface area (Å²) in [6, 6.07) is 1.72. The van der Waals surface area contributed by atoms with Crippen molar-refractivity contribution in [1.29, 1.82) is 0 Å². The normalized spacial score (nSPS) is 17.5. The molecule has 1 fully saturated rings. The van der Waals surface area contributed by atoms with Crippen molar-refractivity contribution >= 4 is 60.1 Å². The molecule has 10 heteroatoms. The quantitative estimate of drug-likeness (QED) is 0.351. The number of carbonyl (C=O) groups is 1.